The van der Waals surface area contributed by atoms with Gasteiger partial charge in [-0.1, -0.05) is 44.2 Å². The minimum absolute atomic E-state index is 0.156. The number of nitrogens with one attached hydrogen (secondary N) is 1. The number of H-pyrrole nitrogens is 1. The lowest BCUT2D eigenvalue weighted by atomic mass is 10.0. The predicted octanol–water partition coefficient (Wildman–Crippen LogP) is 3.22. The number of pyridine rings is 1. The van der Waals surface area contributed by atoms with Gasteiger partial charge in [-0.25, -0.2) is 9.78 Å². The average Bonchev–Trinajstić information content (AvgIpc) is 3.66. The SMILES string of the molecule is CC(C)Cn1c(=O)[nH]c(=O)c2c(C(=O)N3CC(C)OC(c4ccccc4)C3)cc(C3CC3)nc21. The first kappa shape index (κ1) is 22.5. The fourth-order valence-corrected chi connectivity index (χ4v) is 4.72. The molecule has 0 bridgehead atoms. The van der Waals surface area contributed by atoms with E-state index in [1.54, 1.807) is 11.0 Å². The van der Waals surface area contributed by atoms with E-state index in [9.17, 15) is 14.4 Å². The molecular weight excluding hydrogens is 432 g/mol. The summed E-state index contributed by atoms with van der Waals surface area (Å²) >= 11 is 0. The van der Waals surface area contributed by atoms with Crippen molar-refractivity contribution in [1.82, 2.24) is 19.4 Å². The first-order valence-corrected chi connectivity index (χ1v) is 12.0. The van der Waals surface area contributed by atoms with Crippen molar-refractivity contribution in [2.75, 3.05) is 13.1 Å². The van der Waals surface area contributed by atoms with Crippen LogP contribution in [0.15, 0.2) is 46.0 Å². The molecule has 2 aromatic heterocycles. The Morgan fingerprint density at radius 2 is 1.91 bits per heavy atom. The van der Waals surface area contributed by atoms with Crippen LogP contribution in [0.25, 0.3) is 11.0 Å². The highest BCUT2D eigenvalue weighted by Crippen LogP contribution is 2.40. The van der Waals surface area contributed by atoms with Crippen molar-refractivity contribution in [1.29, 1.82) is 0 Å². The van der Waals surface area contributed by atoms with Crippen molar-refractivity contribution in [3.8, 4) is 0 Å². The van der Waals surface area contributed by atoms with Crippen LogP contribution in [0, 0.1) is 5.92 Å². The molecule has 34 heavy (non-hydrogen) atoms. The molecule has 1 N–H and O–H groups in total. The van der Waals surface area contributed by atoms with E-state index in [1.165, 1.54) is 4.57 Å². The Labute approximate surface area is 197 Å². The Hall–Kier alpha value is -3.26. The number of benzene rings is 1. The first-order valence-electron chi connectivity index (χ1n) is 12.0. The maximum atomic E-state index is 13.9. The number of rotatable bonds is 5. The number of aromatic amines is 1. The van der Waals surface area contributed by atoms with Crippen LogP contribution in [0.2, 0.25) is 0 Å². The Bertz CT molecular complexity index is 1340. The van der Waals surface area contributed by atoms with Crippen molar-refractivity contribution < 1.29 is 9.53 Å². The van der Waals surface area contributed by atoms with E-state index in [2.05, 4.69) is 4.98 Å². The molecule has 2 unspecified atom stereocenters. The molecular formula is C26H30N4O4. The summed E-state index contributed by atoms with van der Waals surface area (Å²) in [5.74, 6) is 0.202. The number of carbonyl (C=O) groups is 1. The first-order chi connectivity index (χ1) is 16.3. The van der Waals surface area contributed by atoms with Gasteiger partial charge in [-0.2, -0.15) is 0 Å². The van der Waals surface area contributed by atoms with E-state index >= 15 is 0 Å². The second-order valence-corrected chi connectivity index (χ2v) is 9.89. The van der Waals surface area contributed by atoms with Gasteiger partial charge in [0.05, 0.1) is 23.6 Å². The standard InChI is InChI=1S/C26H30N4O4/c1-15(2)12-30-23-22(24(31)28-26(30)33)19(11-20(27-23)17-9-10-17)25(32)29-13-16(3)34-21(14-29)18-7-5-4-6-8-18/h4-8,11,15-17,21H,9-10,12-14H2,1-3H3,(H,28,31,33). The maximum Gasteiger partial charge on any atom is 0.330 e. The van der Waals surface area contributed by atoms with Crippen LogP contribution in [0.5, 0.6) is 0 Å². The molecule has 2 aliphatic rings. The molecule has 2 fully saturated rings. The van der Waals surface area contributed by atoms with E-state index < -0.39 is 11.2 Å². The van der Waals surface area contributed by atoms with Crippen LogP contribution in [0.4, 0.5) is 0 Å². The lowest BCUT2D eigenvalue weighted by Crippen LogP contribution is -2.46. The van der Waals surface area contributed by atoms with Gasteiger partial charge in [0.1, 0.15) is 6.10 Å². The largest absolute Gasteiger partial charge is 0.367 e. The van der Waals surface area contributed by atoms with E-state index in [1.807, 2.05) is 51.1 Å². The minimum Gasteiger partial charge on any atom is -0.367 e. The molecule has 178 valence electrons. The van der Waals surface area contributed by atoms with Crippen molar-refractivity contribution in [3.63, 3.8) is 0 Å². The van der Waals surface area contributed by atoms with Gasteiger partial charge < -0.3 is 9.64 Å². The number of morpholine rings is 1. The summed E-state index contributed by atoms with van der Waals surface area (Å²) in [5, 5.41) is 0.185. The van der Waals surface area contributed by atoms with Crippen LogP contribution in [-0.4, -0.2) is 44.5 Å². The van der Waals surface area contributed by atoms with E-state index in [0.29, 0.717) is 30.8 Å². The highest BCUT2D eigenvalue weighted by Gasteiger charge is 2.33. The van der Waals surface area contributed by atoms with Crippen LogP contribution in [0.3, 0.4) is 0 Å². The summed E-state index contributed by atoms with van der Waals surface area (Å²) in [5.41, 5.74) is 1.34. The average molecular weight is 463 g/mol. The third kappa shape index (κ3) is 4.30. The number of hydrogen-bond donors (Lipinski definition) is 1. The summed E-state index contributed by atoms with van der Waals surface area (Å²) in [6.07, 6.45) is 1.58. The second-order valence-electron chi connectivity index (χ2n) is 9.89. The number of ether oxygens (including phenoxy) is 1. The van der Waals surface area contributed by atoms with Gasteiger partial charge in [-0.3, -0.25) is 19.1 Å². The molecule has 1 amide bonds. The number of aromatic nitrogens is 3. The van der Waals surface area contributed by atoms with Gasteiger partial charge in [-0.15, -0.1) is 0 Å². The Kier molecular flexibility index (Phi) is 5.85. The van der Waals surface area contributed by atoms with Gasteiger partial charge >= 0.3 is 5.69 Å². The van der Waals surface area contributed by atoms with Crippen molar-refractivity contribution in [2.24, 2.45) is 5.92 Å². The molecule has 1 aliphatic heterocycles. The second kappa shape index (κ2) is 8.83. The molecule has 2 atom stereocenters. The Morgan fingerprint density at radius 1 is 1.18 bits per heavy atom. The molecule has 1 saturated carbocycles. The third-order valence-corrected chi connectivity index (χ3v) is 6.46. The zero-order valence-electron chi connectivity index (χ0n) is 19.8. The number of hydrogen-bond acceptors (Lipinski definition) is 5. The van der Waals surface area contributed by atoms with Crippen LogP contribution < -0.4 is 11.2 Å². The normalized spacial score (nSPS) is 20.8. The minimum atomic E-state index is -0.570. The highest BCUT2D eigenvalue weighted by molar-refractivity contribution is 6.05. The lowest BCUT2D eigenvalue weighted by molar-refractivity contribution is -0.0691. The Morgan fingerprint density at radius 3 is 2.59 bits per heavy atom. The van der Waals surface area contributed by atoms with Gasteiger partial charge in [0, 0.05) is 24.7 Å². The number of carbonyl (C=O) groups excluding carboxylic acids is 1. The van der Waals surface area contributed by atoms with Crippen LogP contribution >= 0.6 is 0 Å². The van der Waals surface area contributed by atoms with Crippen LogP contribution in [0.1, 0.15) is 67.3 Å². The van der Waals surface area contributed by atoms with E-state index in [0.717, 1.165) is 24.1 Å². The monoisotopic (exact) mass is 462 g/mol. The summed E-state index contributed by atoms with van der Waals surface area (Å²) in [7, 11) is 0. The molecule has 1 aliphatic carbocycles. The summed E-state index contributed by atoms with van der Waals surface area (Å²) < 4.78 is 7.63. The lowest BCUT2D eigenvalue weighted by Gasteiger charge is -2.37. The predicted molar refractivity (Wildman–Crippen MR) is 129 cm³/mol. The molecule has 5 rings (SSSR count). The van der Waals surface area contributed by atoms with Gasteiger partial charge in [0.25, 0.3) is 11.5 Å². The fraction of sp³-hybridized carbons (Fsp3) is 0.462. The summed E-state index contributed by atoms with van der Waals surface area (Å²) in [6.45, 7) is 7.17. The van der Waals surface area contributed by atoms with E-state index in [4.69, 9.17) is 9.72 Å². The van der Waals surface area contributed by atoms with Crippen molar-refractivity contribution in [3.05, 3.63) is 74.1 Å². The van der Waals surface area contributed by atoms with Gasteiger partial charge in [0.15, 0.2) is 5.65 Å². The van der Waals surface area contributed by atoms with Crippen molar-refractivity contribution in [2.45, 2.75) is 58.3 Å². The van der Waals surface area contributed by atoms with Gasteiger partial charge in [0.2, 0.25) is 0 Å². The maximum absolute atomic E-state index is 13.9. The van der Waals surface area contributed by atoms with Crippen molar-refractivity contribution >= 4 is 16.9 Å². The molecule has 0 radical (unpaired) electrons. The zero-order valence-corrected chi connectivity index (χ0v) is 19.8. The molecule has 1 aromatic carbocycles. The number of fused-ring (bicyclic) bond motifs is 1. The molecule has 1 saturated heterocycles. The van der Waals surface area contributed by atoms with E-state index in [-0.39, 0.29) is 35.3 Å². The topological polar surface area (TPSA) is 97.3 Å². The van der Waals surface area contributed by atoms with Gasteiger partial charge in [-0.05, 0) is 37.3 Å². The number of amides is 1. The molecule has 3 aromatic rings. The number of nitrogens with zero attached hydrogens (tertiary/aromatic N) is 3. The zero-order chi connectivity index (χ0) is 24.0. The van der Waals surface area contributed by atoms with Crippen LogP contribution in [-0.2, 0) is 11.3 Å². The summed E-state index contributed by atoms with van der Waals surface area (Å²) in [4.78, 5) is 48.5. The molecule has 8 heteroatoms. The smallest absolute Gasteiger partial charge is 0.330 e. The third-order valence-electron chi connectivity index (χ3n) is 6.46. The fourth-order valence-electron chi connectivity index (χ4n) is 4.72. The Balaban J connectivity index is 1.62. The quantitative estimate of drug-likeness (QED) is 0.628. The molecule has 3 heterocycles. The molecule has 8 nitrogen and oxygen atoms in total. The molecule has 0 spiro atoms. The highest BCUT2D eigenvalue weighted by atomic mass is 16.5. The summed E-state index contributed by atoms with van der Waals surface area (Å²) in [6, 6.07) is 11.6.